The van der Waals surface area contributed by atoms with Crippen LogP contribution in [0.5, 0.6) is 0 Å². The molecule has 1 aromatic heterocycles. The summed E-state index contributed by atoms with van der Waals surface area (Å²) in [5.74, 6) is 1.74. The molecule has 0 radical (unpaired) electrons. The second-order valence-corrected chi connectivity index (χ2v) is 5.17. The number of nitrogens with zero attached hydrogens (tertiary/aromatic N) is 4. The van der Waals surface area contributed by atoms with Crippen molar-refractivity contribution >= 4 is 5.82 Å². The lowest BCUT2D eigenvalue weighted by atomic mass is 9.98. The molecule has 17 heavy (non-hydrogen) atoms. The summed E-state index contributed by atoms with van der Waals surface area (Å²) >= 11 is 0. The van der Waals surface area contributed by atoms with E-state index in [-0.39, 0.29) is 0 Å². The van der Waals surface area contributed by atoms with Crippen molar-refractivity contribution in [1.29, 1.82) is 0 Å². The van der Waals surface area contributed by atoms with Crippen molar-refractivity contribution in [3.05, 3.63) is 18.1 Å². The molecule has 2 rings (SSSR count). The zero-order valence-electron chi connectivity index (χ0n) is 11.1. The highest BCUT2D eigenvalue weighted by Gasteiger charge is 2.19. The Morgan fingerprint density at radius 3 is 3.00 bits per heavy atom. The Bertz CT molecular complexity index is 366. The molecule has 0 N–H and O–H groups in total. The minimum absolute atomic E-state index is 0.751. The highest BCUT2D eigenvalue weighted by atomic mass is 15.2. The average molecular weight is 234 g/mol. The van der Waals surface area contributed by atoms with Crippen LogP contribution in [-0.2, 0) is 0 Å². The lowest BCUT2D eigenvalue weighted by Gasteiger charge is -2.32. The molecule has 2 heterocycles. The Balaban J connectivity index is 1.94. The molecule has 1 aromatic rings. The Morgan fingerprint density at radius 1 is 1.47 bits per heavy atom. The first-order valence-corrected chi connectivity index (χ1v) is 6.33. The molecule has 0 aromatic carbocycles. The first-order valence-electron chi connectivity index (χ1n) is 6.33. The van der Waals surface area contributed by atoms with Crippen molar-refractivity contribution in [2.75, 3.05) is 38.6 Å². The number of anilines is 1. The van der Waals surface area contributed by atoms with Gasteiger partial charge < -0.3 is 9.80 Å². The molecule has 1 saturated heterocycles. The smallest absolute Gasteiger partial charge is 0.147 e. The van der Waals surface area contributed by atoms with Crippen LogP contribution in [0, 0.1) is 12.8 Å². The number of hydrogen-bond donors (Lipinski definition) is 0. The summed E-state index contributed by atoms with van der Waals surface area (Å²) in [7, 11) is 4.32. The van der Waals surface area contributed by atoms with Gasteiger partial charge in [-0.1, -0.05) is 0 Å². The highest BCUT2D eigenvalue weighted by molar-refractivity contribution is 5.34. The maximum Gasteiger partial charge on any atom is 0.147 e. The van der Waals surface area contributed by atoms with Crippen LogP contribution in [0.4, 0.5) is 5.82 Å². The van der Waals surface area contributed by atoms with Crippen molar-refractivity contribution in [1.82, 2.24) is 14.9 Å². The first-order chi connectivity index (χ1) is 8.15. The van der Waals surface area contributed by atoms with Crippen LogP contribution in [0.3, 0.4) is 0 Å². The van der Waals surface area contributed by atoms with Crippen molar-refractivity contribution in [2.45, 2.75) is 19.8 Å². The van der Waals surface area contributed by atoms with E-state index >= 15 is 0 Å². The molecule has 1 atom stereocenters. The Hall–Kier alpha value is -1.16. The Labute approximate surface area is 104 Å². The van der Waals surface area contributed by atoms with E-state index in [2.05, 4.69) is 33.9 Å². The second-order valence-electron chi connectivity index (χ2n) is 5.17. The van der Waals surface area contributed by atoms with Gasteiger partial charge in [0.05, 0.1) is 11.9 Å². The van der Waals surface area contributed by atoms with Gasteiger partial charge in [-0.05, 0) is 39.3 Å². The second kappa shape index (κ2) is 5.45. The van der Waals surface area contributed by atoms with E-state index < -0.39 is 0 Å². The van der Waals surface area contributed by atoms with E-state index in [0.717, 1.165) is 24.0 Å². The minimum Gasteiger partial charge on any atom is -0.358 e. The Kier molecular flexibility index (Phi) is 3.94. The van der Waals surface area contributed by atoms with Crippen LogP contribution in [0.15, 0.2) is 12.4 Å². The fourth-order valence-corrected chi connectivity index (χ4v) is 2.54. The van der Waals surface area contributed by atoms with Crippen LogP contribution in [-0.4, -0.2) is 48.6 Å². The number of aryl methyl sites for hydroxylation is 1. The van der Waals surface area contributed by atoms with Gasteiger partial charge in [0, 0.05) is 26.3 Å². The summed E-state index contributed by atoms with van der Waals surface area (Å²) in [6.45, 7) is 5.50. The van der Waals surface area contributed by atoms with Crippen LogP contribution in [0.2, 0.25) is 0 Å². The largest absolute Gasteiger partial charge is 0.358 e. The zero-order valence-corrected chi connectivity index (χ0v) is 11.1. The highest BCUT2D eigenvalue weighted by Crippen LogP contribution is 2.18. The van der Waals surface area contributed by atoms with Crippen LogP contribution >= 0.6 is 0 Å². The van der Waals surface area contributed by atoms with E-state index in [9.17, 15) is 0 Å². The standard InChI is InChI=1S/C13H22N4/c1-11-7-14-8-13(15-11)17(3)10-12-5-4-6-16(2)9-12/h7-8,12H,4-6,9-10H2,1-3H3. The fourth-order valence-electron chi connectivity index (χ4n) is 2.54. The number of piperidine rings is 1. The monoisotopic (exact) mass is 234 g/mol. The summed E-state index contributed by atoms with van der Waals surface area (Å²) < 4.78 is 0. The molecule has 4 nitrogen and oxygen atoms in total. The molecule has 1 unspecified atom stereocenters. The van der Waals surface area contributed by atoms with E-state index in [1.165, 1.54) is 25.9 Å². The quantitative estimate of drug-likeness (QED) is 0.794. The van der Waals surface area contributed by atoms with Gasteiger partial charge in [-0.2, -0.15) is 0 Å². The van der Waals surface area contributed by atoms with Gasteiger partial charge in [0.2, 0.25) is 0 Å². The van der Waals surface area contributed by atoms with Crippen molar-refractivity contribution in [3.8, 4) is 0 Å². The van der Waals surface area contributed by atoms with Crippen molar-refractivity contribution in [2.24, 2.45) is 5.92 Å². The predicted molar refractivity (Wildman–Crippen MR) is 70.3 cm³/mol. The van der Waals surface area contributed by atoms with E-state index in [1.54, 1.807) is 6.20 Å². The normalized spacial score (nSPS) is 21.5. The summed E-state index contributed by atoms with van der Waals surface area (Å²) in [6, 6.07) is 0. The van der Waals surface area contributed by atoms with Gasteiger partial charge in [-0.15, -0.1) is 0 Å². The van der Waals surface area contributed by atoms with E-state index in [0.29, 0.717) is 0 Å². The Morgan fingerprint density at radius 2 is 2.29 bits per heavy atom. The van der Waals surface area contributed by atoms with Crippen LogP contribution < -0.4 is 4.90 Å². The summed E-state index contributed by atoms with van der Waals surface area (Å²) in [5.41, 5.74) is 0.982. The molecule has 1 aliphatic heterocycles. The minimum atomic E-state index is 0.751. The molecule has 1 aliphatic rings. The van der Waals surface area contributed by atoms with Gasteiger partial charge in [-0.3, -0.25) is 4.98 Å². The molecule has 0 spiro atoms. The van der Waals surface area contributed by atoms with E-state index in [4.69, 9.17) is 0 Å². The maximum absolute atomic E-state index is 4.51. The lowest BCUT2D eigenvalue weighted by molar-refractivity contribution is 0.213. The van der Waals surface area contributed by atoms with Gasteiger partial charge in [0.1, 0.15) is 5.82 Å². The third-order valence-corrected chi connectivity index (χ3v) is 3.39. The average Bonchev–Trinajstić information content (AvgIpc) is 2.29. The fraction of sp³-hybridized carbons (Fsp3) is 0.692. The topological polar surface area (TPSA) is 32.3 Å². The van der Waals surface area contributed by atoms with Crippen molar-refractivity contribution < 1.29 is 0 Å². The third kappa shape index (κ3) is 3.40. The number of aromatic nitrogens is 2. The molecule has 1 fully saturated rings. The zero-order chi connectivity index (χ0) is 12.3. The van der Waals surface area contributed by atoms with E-state index in [1.807, 2.05) is 13.1 Å². The SMILES string of the molecule is Cc1cncc(N(C)CC2CCCN(C)C2)n1. The molecule has 0 aliphatic carbocycles. The summed E-state index contributed by atoms with van der Waals surface area (Å²) in [5, 5.41) is 0. The number of rotatable bonds is 3. The van der Waals surface area contributed by atoms with Crippen LogP contribution in [0.1, 0.15) is 18.5 Å². The number of likely N-dealkylation sites (tertiary alicyclic amines) is 1. The van der Waals surface area contributed by atoms with Gasteiger partial charge in [0.25, 0.3) is 0 Å². The first kappa shape index (κ1) is 12.3. The number of hydrogen-bond acceptors (Lipinski definition) is 4. The van der Waals surface area contributed by atoms with Crippen LogP contribution in [0.25, 0.3) is 0 Å². The van der Waals surface area contributed by atoms with Gasteiger partial charge in [0.15, 0.2) is 0 Å². The van der Waals surface area contributed by atoms with Gasteiger partial charge in [-0.25, -0.2) is 4.98 Å². The molecule has 94 valence electrons. The molecular weight excluding hydrogens is 212 g/mol. The summed E-state index contributed by atoms with van der Waals surface area (Å²) in [4.78, 5) is 13.4. The predicted octanol–water partition coefficient (Wildman–Crippen LogP) is 1.56. The molecule has 4 heteroatoms. The van der Waals surface area contributed by atoms with Gasteiger partial charge >= 0.3 is 0 Å². The van der Waals surface area contributed by atoms with Crippen molar-refractivity contribution in [3.63, 3.8) is 0 Å². The third-order valence-electron chi connectivity index (χ3n) is 3.39. The summed E-state index contributed by atoms with van der Waals surface area (Å²) in [6.07, 6.45) is 6.29. The molecular formula is C13H22N4. The molecule has 0 amide bonds. The molecule has 0 saturated carbocycles. The molecule has 0 bridgehead atoms. The maximum atomic E-state index is 4.51. The lowest BCUT2D eigenvalue weighted by Crippen LogP contribution is -2.38.